The van der Waals surface area contributed by atoms with Gasteiger partial charge in [-0.1, -0.05) is 56.3 Å². The number of hydrogen-bond acceptors (Lipinski definition) is 3. The molecule has 2 aromatic carbocycles. The lowest BCUT2D eigenvalue weighted by Crippen LogP contribution is -2.30. The molecule has 0 amide bonds. The third-order valence-electron chi connectivity index (χ3n) is 3.89. The van der Waals surface area contributed by atoms with Crippen LogP contribution in [-0.2, 0) is 16.1 Å². The zero-order valence-electron chi connectivity index (χ0n) is 16.1. The fourth-order valence-electron chi connectivity index (χ4n) is 2.74. The summed E-state index contributed by atoms with van der Waals surface area (Å²) < 4.78 is 12.6. The normalized spacial score (nSPS) is 12.7. The molecule has 1 unspecified atom stereocenters. The monoisotopic (exact) mass is 466 g/mol. The Morgan fingerprint density at radius 3 is 2.27 bits per heavy atom. The lowest BCUT2D eigenvalue weighted by Gasteiger charge is -2.27. The highest BCUT2D eigenvalue weighted by atomic mass is 127. The van der Waals surface area contributed by atoms with Crippen LogP contribution in [-0.4, -0.2) is 11.6 Å². The number of carbonyl (C=O) groups excluding carboxylic acids is 1. The zero-order valence-corrected chi connectivity index (χ0v) is 18.2. The van der Waals surface area contributed by atoms with Crippen LogP contribution in [0.2, 0.25) is 0 Å². The first-order chi connectivity index (χ1) is 12.2. The number of esters is 1. The topological polar surface area (TPSA) is 35.5 Å². The van der Waals surface area contributed by atoms with Crippen LogP contribution in [0, 0.1) is 9.49 Å². The first-order valence-corrected chi connectivity index (χ1v) is 9.95. The van der Waals surface area contributed by atoms with Crippen LogP contribution < -0.4 is 4.74 Å². The second kappa shape index (κ2) is 8.89. The van der Waals surface area contributed by atoms with E-state index in [9.17, 15) is 4.79 Å². The SMILES string of the molecule is CC(C)C(C(=O)OC(C)(C)C)c1cccc(OCc2ccccc2)c1I. The molecule has 2 rings (SSSR count). The Morgan fingerprint density at radius 1 is 1.04 bits per heavy atom. The maximum atomic E-state index is 12.8. The average molecular weight is 466 g/mol. The molecular formula is C22H27IO3. The second-order valence-electron chi connectivity index (χ2n) is 7.69. The van der Waals surface area contributed by atoms with Crippen LogP contribution >= 0.6 is 22.6 Å². The Bertz CT molecular complexity index is 733. The summed E-state index contributed by atoms with van der Waals surface area (Å²) in [7, 11) is 0. The number of benzene rings is 2. The van der Waals surface area contributed by atoms with E-state index in [2.05, 4.69) is 22.6 Å². The van der Waals surface area contributed by atoms with E-state index in [-0.39, 0.29) is 17.8 Å². The van der Waals surface area contributed by atoms with Gasteiger partial charge < -0.3 is 9.47 Å². The highest BCUT2D eigenvalue weighted by Gasteiger charge is 2.31. The van der Waals surface area contributed by atoms with Gasteiger partial charge in [0.15, 0.2) is 0 Å². The van der Waals surface area contributed by atoms with Gasteiger partial charge in [-0.15, -0.1) is 0 Å². The number of hydrogen-bond donors (Lipinski definition) is 0. The van der Waals surface area contributed by atoms with Crippen LogP contribution in [0.25, 0.3) is 0 Å². The summed E-state index contributed by atoms with van der Waals surface area (Å²) >= 11 is 2.27. The Morgan fingerprint density at radius 2 is 1.69 bits per heavy atom. The van der Waals surface area contributed by atoms with E-state index >= 15 is 0 Å². The standard InChI is InChI=1S/C22H27IO3/c1-15(2)19(21(24)26-22(3,4)5)17-12-9-13-18(20(17)23)25-14-16-10-7-6-8-11-16/h6-13,15,19H,14H2,1-5H3. The molecule has 0 bridgehead atoms. The Balaban J connectivity index is 2.25. The van der Waals surface area contributed by atoms with Crippen LogP contribution in [0.3, 0.4) is 0 Å². The molecule has 3 nitrogen and oxygen atoms in total. The summed E-state index contributed by atoms with van der Waals surface area (Å²) in [5, 5.41) is 0. The quantitative estimate of drug-likeness (QED) is 0.390. The summed E-state index contributed by atoms with van der Waals surface area (Å²) in [6.07, 6.45) is 0. The van der Waals surface area contributed by atoms with Crippen LogP contribution in [0.15, 0.2) is 48.5 Å². The van der Waals surface area contributed by atoms with Crippen molar-refractivity contribution in [2.24, 2.45) is 5.92 Å². The van der Waals surface area contributed by atoms with Crippen LogP contribution in [0.1, 0.15) is 51.7 Å². The molecule has 1 atom stereocenters. The molecule has 0 heterocycles. The third kappa shape index (κ3) is 5.73. The highest BCUT2D eigenvalue weighted by molar-refractivity contribution is 14.1. The minimum Gasteiger partial charge on any atom is -0.488 e. The molecule has 0 fully saturated rings. The van der Waals surface area contributed by atoms with Gasteiger partial charge in [0.2, 0.25) is 0 Å². The summed E-state index contributed by atoms with van der Waals surface area (Å²) in [6, 6.07) is 15.9. The van der Waals surface area contributed by atoms with Gasteiger partial charge in [-0.05, 0) is 66.5 Å². The van der Waals surface area contributed by atoms with Gasteiger partial charge in [0.1, 0.15) is 18.0 Å². The molecule has 0 saturated heterocycles. The molecule has 0 aromatic heterocycles. The molecule has 0 radical (unpaired) electrons. The maximum absolute atomic E-state index is 12.8. The molecule has 2 aromatic rings. The lowest BCUT2D eigenvalue weighted by atomic mass is 9.88. The molecule has 26 heavy (non-hydrogen) atoms. The maximum Gasteiger partial charge on any atom is 0.314 e. The van der Waals surface area contributed by atoms with Crippen molar-refractivity contribution < 1.29 is 14.3 Å². The highest BCUT2D eigenvalue weighted by Crippen LogP contribution is 2.35. The van der Waals surface area contributed by atoms with E-state index in [0.29, 0.717) is 6.61 Å². The van der Waals surface area contributed by atoms with Gasteiger partial charge in [0.05, 0.1) is 9.49 Å². The van der Waals surface area contributed by atoms with E-state index in [0.717, 1.165) is 20.4 Å². The van der Waals surface area contributed by atoms with Gasteiger partial charge in [-0.25, -0.2) is 0 Å². The molecule has 0 saturated carbocycles. The van der Waals surface area contributed by atoms with Gasteiger partial charge in [-0.2, -0.15) is 0 Å². The number of rotatable bonds is 6. The summed E-state index contributed by atoms with van der Waals surface area (Å²) in [6.45, 7) is 10.3. The van der Waals surface area contributed by atoms with Crippen molar-refractivity contribution in [3.05, 3.63) is 63.2 Å². The van der Waals surface area contributed by atoms with Crippen LogP contribution in [0.4, 0.5) is 0 Å². The fraction of sp³-hybridized carbons (Fsp3) is 0.409. The number of ether oxygens (including phenoxy) is 2. The smallest absolute Gasteiger partial charge is 0.314 e. The van der Waals surface area contributed by atoms with Gasteiger partial charge in [-0.3, -0.25) is 4.79 Å². The molecule has 0 aliphatic heterocycles. The van der Waals surface area contributed by atoms with E-state index in [1.54, 1.807) is 0 Å². The molecule has 140 valence electrons. The van der Waals surface area contributed by atoms with Crippen molar-refractivity contribution in [3.8, 4) is 5.75 Å². The fourth-order valence-corrected chi connectivity index (χ4v) is 3.59. The average Bonchev–Trinajstić information content (AvgIpc) is 2.54. The predicted octanol–water partition coefficient (Wildman–Crippen LogP) is 5.95. The predicted molar refractivity (Wildman–Crippen MR) is 113 cm³/mol. The van der Waals surface area contributed by atoms with Gasteiger partial charge in [0, 0.05) is 0 Å². The van der Waals surface area contributed by atoms with E-state index in [4.69, 9.17) is 9.47 Å². The van der Waals surface area contributed by atoms with E-state index < -0.39 is 5.60 Å². The third-order valence-corrected chi connectivity index (χ3v) is 5.05. The Kier molecular flexibility index (Phi) is 7.09. The first kappa shape index (κ1) is 20.7. The molecule has 0 aliphatic carbocycles. The summed E-state index contributed by atoms with van der Waals surface area (Å²) in [4.78, 5) is 12.8. The number of carbonyl (C=O) groups is 1. The number of halogens is 1. The van der Waals surface area contributed by atoms with Gasteiger partial charge >= 0.3 is 5.97 Å². The minimum atomic E-state index is -0.503. The van der Waals surface area contributed by atoms with E-state index in [1.807, 2.05) is 83.1 Å². The van der Waals surface area contributed by atoms with Crippen molar-refractivity contribution in [2.45, 2.75) is 52.7 Å². The van der Waals surface area contributed by atoms with Crippen LogP contribution in [0.5, 0.6) is 5.75 Å². The Labute approximate surface area is 170 Å². The van der Waals surface area contributed by atoms with Crippen molar-refractivity contribution in [2.75, 3.05) is 0 Å². The minimum absolute atomic E-state index is 0.128. The lowest BCUT2D eigenvalue weighted by molar-refractivity contribution is -0.158. The van der Waals surface area contributed by atoms with Crippen molar-refractivity contribution in [1.82, 2.24) is 0 Å². The van der Waals surface area contributed by atoms with Crippen molar-refractivity contribution in [3.63, 3.8) is 0 Å². The van der Waals surface area contributed by atoms with Crippen molar-refractivity contribution in [1.29, 1.82) is 0 Å². The zero-order chi connectivity index (χ0) is 19.3. The first-order valence-electron chi connectivity index (χ1n) is 8.87. The molecule has 0 spiro atoms. The second-order valence-corrected chi connectivity index (χ2v) is 8.77. The molecular weight excluding hydrogens is 439 g/mol. The van der Waals surface area contributed by atoms with E-state index in [1.165, 1.54) is 0 Å². The molecule has 0 N–H and O–H groups in total. The molecule has 4 heteroatoms. The largest absolute Gasteiger partial charge is 0.488 e. The Hall–Kier alpha value is -1.56. The summed E-state index contributed by atoms with van der Waals surface area (Å²) in [5.74, 6) is 0.413. The van der Waals surface area contributed by atoms with Crippen molar-refractivity contribution >= 4 is 28.6 Å². The molecule has 0 aliphatic rings. The van der Waals surface area contributed by atoms with Gasteiger partial charge in [0.25, 0.3) is 0 Å². The summed E-state index contributed by atoms with van der Waals surface area (Å²) in [5.41, 5.74) is 1.57.